The number of aryl methyl sites for hydroxylation is 2. The number of hydrogen-bond donors (Lipinski definition) is 0. The third-order valence-corrected chi connectivity index (χ3v) is 5.27. The van der Waals surface area contributed by atoms with Crippen LogP contribution in [0.1, 0.15) is 29.2 Å². The third kappa shape index (κ3) is 2.74. The smallest absolute Gasteiger partial charge is 0.297 e. The molecule has 0 saturated carbocycles. The van der Waals surface area contributed by atoms with Crippen LogP contribution in [0, 0.1) is 6.92 Å². The zero-order valence-electron chi connectivity index (χ0n) is 12.6. The Balaban J connectivity index is 2.04. The minimum absolute atomic E-state index is 0.185. The van der Waals surface area contributed by atoms with Crippen molar-refractivity contribution in [3.63, 3.8) is 0 Å². The van der Waals surface area contributed by atoms with Gasteiger partial charge in [0.05, 0.1) is 7.11 Å². The summed E-state index contributed by atoms with van der Waals surface area (Å²) >= 11 is 0. The van der Waals surface area contributed by atoms with Crippen LogP contribution in [0.3, 0.4) is 0 Å². The van der Waals surface area contributed by atoms with E-state index in [1.807, 2.05) is 37.3 Å². The zero-order valence-corrected chi connectivity index (χ0v) is 13.4. The summed E-state index contributed by atoms with van der Waals surface area (Å²) in [7, 11) is -2.58. The van der Waals surface area contributed by atoms with Crippen molar-refractivity contribution in [3.05, 3.63) is 59.2 Å². The fraction of sp³-hybridized carbons (Fsp3) is 0.294. The Morgan fingerprint density at radius 2 is 1.95 bits per heavy atom. The number of hydrogen-bond acceptors (Lipinski definition) is 4. The van der Waals surface area contributed by atoms with Crippen molar-refractivity contribution < 1.29 is 17.3 Å². The van der Waals surface area contributed by atoms with Gasteiger partial charge in [0.2, 0.25) is 0 Å². The Bertz CT molecular complexity index is 796. The summed E-state index contributed by atoms with van der Waals surface area (Å²) in [5.41, 5.74) is 2.81. The van der Waals surface area contributed by atoms with Crippen molar-refractivity contribution >= 4 is 10.1 Å². The van der Waals surface area contributed by atoms with Crippen molar-refractivity contribution in [1.82, 2.24) is 0 Å². The number of rotatable bonds is 3. The molecule has 0 radical (unpaired) electrons. The Hall–Kier alpha value is -1.85. The highest BCUT2D eigenvalue weighted by atomic mass is 32.2. The van der Waals surface area contributed by atoms with E-state index in [2.05, 4.69) is 4.18 Å². The average Bonchev–Trinajstić information content (AvgIpc) is 2.54. The van der Waals surface area contributed by atoms with Crippen LogP contribution >= 0.6 is 0 Å². The van der Waals surface area contributed by atoms with E-state index in [1.54, 1.807) is 12.1 Å². The summed E-state index contributed by atoms with van der Waals surface area (Å²) < 4.78 is 35.0. The van der Waals surface area contributed by atoms with E-state index < -0.39 is 10.1 Å². The molecular weight excluding hydrogens is 300 g/mol. The molecule has 1 aliphatic rings. The SMILES string of the molecule is COS(=O)(=O)c1ccc(C)cc1[C@H]1CCc2ccccc2O1. The first-order valence-electron chi connectivity index (χ1n) is 7.17. The molecule has 3 rings (SSSR count). The van der Waals surface area contributed by atoms with Crippen molar-refractivity contribution in [3.8, 4) is 5.75 Å². The van der Waals surface area contributed by atoms with E-state index in [-0.39, 0.29) is 11.0 Å². The normalized spacial score (nSPS) is 17.6. The van der Waals surface area contributed by atoms with Gasteiger partial charge in [-0.15, -0.1) is 0 Å². The summed E-state index contributed by atoms with van der Waals surface area (Å²) in [4.78, 5) is 0.185. The summed E-state index contributed by atoms with van der Waals surface area (Å²) in [5.74, 6) is 0.820. The lowest BCUT2D eigenvalue weighted by atomic mass is 9.96. The van der Waals surface area contributed by atoms with Gasteiger partial charge in [-0.2, -0.15) is 8.42 Å². The topological polar surface area (TPSA) is 52.6 Å². The molecule has 0 N–H and O–H groups in total. The van der Waals surface area contributed by atoms with E-state index in [0.29, 0.717) is 5.56 Å². The van der Waals surface area contributed by atoms with Gasteiger partial charge in [-0.25, -0.2) is 0 Å². The lowest BCUT2D eigenvalue weighted by Gasteiger charge is -2.27. The fourth-order valence-corrected chi connectivity index (χ4v) is 3.67. The molecule has 1 atom stereocenters. The third-order valence-electron chi connectivity index (χ3n) is 3.92. The summed E-state index contributed by atoms with van der Waals surface area (Å²) in [5, 5.41) is 0. The molecule has 0 unspecified atom stereocenters. The molecule has 1 aliphatic heterocycles. The Morgan fingerprint density at radius 1 is 1.18 bits per heavy atom. The van der Waals surface area contributed by atoms with Gasteiger partial charge >= 0.3 is 0 Å². The van der Waals surface area contributed by atoms with Gasteiger partial charge in [-0.1, -0.05) is 35.9 Å². The van der Waals surface area contributed by atoms with Crippen LogP contribution in [0.15, 0.2) is 47.4 Å². The van der Waals surface area contributed by atoms with Gasteiger partial charge in [0.25, 0.3) is 10.1 Å². The number of para-hydroxylation sites is 1. The van der Waals surface area contributed by atoms with Gasteiger partial charge in [-0.3, -0.25) is 4.18 Å². The number of ether oxygens (including phenoxy) is 1. The van der Waals surface area contributed by atoms with Crippen molar-refractivity contribution in [2.45, 2.75) is 30.8 Å². The molecule has 0 saturated heterocycles. The lowest BCUT2D eigenvalue weighted by molar-refractivity contribution is 0.173. The molecule has 0 bridgehead atoms. The summed E-state index contributed by atoms with van der Waals surface area (Å²) in [6.07, 6.45) is 1.32. The standard InChI is InChI=1S/C17H18O4S/c1-12-7-10-17(22(18,19)20-2)14(11-12)16-9-8-13-5-3-4-6-15(13)21-16/h3-7,10-11,16H,8-9H2,1-2H3/t16-/m1/s1. The molecule has 5 heteroatoms. The maximum absolute atomic E-state index is 12.1. The maximum Gasteiger partial charge on any atom is 0.297 e. The second kappa shape index (κ2) is 5.74. The van der Waals surface area contributed by atoms with Crippen LogP contribution in [0.2, 0.25) is 0 Å². The molecular formula is C17H18O4S. The van der Waals surface area contributed by atoms with E-state index >= 15 is 0 Å². The Labute approximate surface area is 130 Å². The van der Waals surface area contributed by atoms with E-state index in [1.165, 1.54) is 7.11 Å². The maximum atomic E-state index is 12.1. The van der Waals surface area contributed by atoms with Crippen molar-refractivity contribution in [2.75, 3.05) is 7.11 Å². The average molecular weight is 318 g/mol. The predicted octanol–water partition coefficient (Wildman–Crippen LogP) is 3.40. The van der Waals surface area contributed by atoms with Crippen LogP contribution in [-0.2, 0) is 20.7 Å². The Kier molecular flexibility index (Phi) is 3.93. The molecule has 0 aromatic heterocycles. The zero-order chi connectivity index (χ0) is 15.7. The minimum atomic E-state index is -3.75. The first kappa shape index (κ1) is 15.1. The summed E-state index contributed by atoms with van der Waals surface area (Å²) in [6.45, 7) is 1.93. The van der Waals surface area contributed by atoms with E-state index in [4.69, 9.17) is 4.74 Å². The molecule has 1 heterocycles. The van der Waals surface area contributed by atoms with Crippen LogP contribution in [0.5, 0.6) is 5.75 Å². The molecule has 0 fully saturated rings. The van der Waals surface area contributed by atoms with Gasteiger partial charge < -0.3 is 4.74 Å². The van der Waals surface area contributed by atoms with E-state index in [9.17, 15) is 8.42 Å². The monoisotopic (exact) mass is 318 g/mol. The Morgan fingerprint density at radius 3 is 2.73 bits per heavy atom. The number of benzene rings is 2. The molecule has 4 nitrogen and oxygen atoms in total. The highest BCUT2D eigenvalue weighted by molar-refractivity contribution is 7.86. The minimum Gasteiger partial charge on any atom is -0.485 e. The first-order chi connectivity index (χ1) is 10.5. The first-order valence-corrected chi connectivity index (χ1v) is 8.58. The second-order valence-electron chi connectivity index (χ2n) is 5.41. The summed E-state index contributed by atoms with van der Waals surface area (Å²) in [6, 6.07) is 13.1. The molecule has 22 heavy (non-hydrogen) atoms. The molecule has 2 aromatic carbocycles. The van der Waals surface area contributed by atoms with Crippen LogP contribution < -0.4 is 4.74 Å². The molecule has 0 spiro atoms. The van der Waals surface area contributed by atoms with Crippen LogP contribution in [-0.4, -0.2) is 15.5 Å². The van der Waals surface area contributed by atoms with E-state index in [0.717, 1.165) is 29.7 Å². The second-order valence-corrected chi connectivity index (χ2v) is 7.10. The van der Waals surface area contributed by atoms with Gasteiger partial charge in [0.1, 0.15) is 16.7 Å². The predicted molar refractivity (Wildman–Crippen MR) is 83.5 cm³/mol. The van der Waals surface area contributed by atoms with Crippen LogP contribution in [0.25, 0.3) is 0 Å². The van der Waals surface area contributed by atoms with Crippen molar-refractivity contribution in [1.29, 1.82) is 0 Å². The lowest BCUT2D eigenvalue weighted by Crippen LogP contribution is -2.18. The number of fused-ring (bicyclic) bond motifs is 1. The fourth-order valence-electron chi connectivity index (χ4n) is 2.78. The van der Waals surface area contributed by atoms with Gasteiger partial charge in [0.15, 0.2) is 0 Å². The quantitative estimate of drug-likeness (QED) is 0.814. The van der Waals surface area contributed by atoms with Crippen LogP contribution in [0.4, 0.5) is 0 Å². The highest BCUT2D eigenvalue weighted by Gasteiger charge is 2.28. The molecule has 0 amide bonds. The molecule has 116 valence electrons. The molecule has 2 aromatic rings. The largest absolute Gasteiger partial charge is 0.485 e. The van der Waals surface area contributed by atoms with Gasteiger partial charge in [-0.05, 0) is 37.5 Å². The van der Waals surface area contributed by atoms with Crippen molar-refractivity contribution in [2.24, 2.45) is 0 Å². The highest BCUT2D eigenvalue weighted by Crippen LogP contribution is 2.37. The molecule has 0 aliphatic carbocycles. The van der Waals surface area contributed by atoms with Gasteiger partial charge in [0, 0.05) is 5.56 Å².